The highest BCUT2D eigenvalue weighted by Gasteiger charge is 2.10. The number of ether oxygens (including phenoxy) is 1. The molecule has 0 amide bonds. The molecular weight excluding hydrogens is 338 g/mol. The van der Waals surface area contributed by atoms with Crippen LogP contribution in [0.25, 0.3) is 0 Å². The maximum atomic E-state index is 11.2. The monoisotopic (exact) mass is 361 g/mol. The SMILES string of the molecule is CCNC(=NCC(O)c1ccc(Cl)s1)NCCCC(=O)OCC. The van der Waals surface area contributed by atoms with Gasteiger partial charge in [-0.15, -0.1) is 11.3 Å². The summed E-state index contributed by atoms with van der Waals surface area (Å²) in [5, 5.41) is 16.3. The zero-order valence-corrected chi connectivity index (χ0v) is 15.0. The Morgan fingerprint density at radius 3 is 2.83 bits per heavy atom. The van der Waals surface area contributed by atoms with E-state index in [1.165, 1.54) is 11.3 Å². The average Bonchev–Trinajstić information content (AvgIpc) is 2.95. The number of carbonyl (C=O) groups is 1. The number of hydrogen-bond donors (Lipinski definition) is 3. The molecule has 0 saturated heterocycles. The highest BCUT2D eigenvalue weighted by molar-refractivity contribution is 7.16. The molecule has 1 heterocycles. The maximum Gasteiger partial charge on any atom is 0.305 e. The quantitative estimate of drug-likeness (QED) is 0.272. The predicted octanol–water partition coefficient (Wildman–Crippen LogP) is 2.33. The molecule has 0 aromatic carbocycles. The van der Waals surface area contributed by atoms with Crippen molar-refractivity contribution in [3.05, 3.63) is 21.3 Å². The molecular formula is C15H24ClN3O3S. The Morgan fingerprint density at radius 1 is 1.43 bits per heavy atom. The first-order valence-corrected chi connectivity index (χ1v) is 8.87. The van der Waals surface area contributed by atoms with Gasteiger partial charge >= 0.3 is 5.97 Å². The minimum Gasteiger partial charge on any atom is -0.466 e. The van der Waals surface area contributed by atoms with Gasteiger partial charge < -0.3 is 20.5 Å². The summed E-state index contributed by atoms with van der Waals surface area (Å²) in [6.45, 7) is 5.71. The van der Waals surface area contributed by atoms with E-state index in [4.69, 9.17) is 16.3 Å². The van der Waals surface area contributed by atoms with Crippen LogP contribution in [0.5, 0.6) is 0 Å². The summed E-state index contributed by atoms with van der Waals surface area (Å²) in [5.41, 5.74) is 0. The van der Waals surface area contributed by atoms with E-state index in [-0.39, 0.29) is 12.5 Å². The van der Waals surface area contributed by atoms with Gasteiger partial charge in [0.2, 0.25) is 0 Å². The first kappa shape index (κ1) is 19.7. The Labute approximate surface area is 145 Å². The number of nitrogens with one attached hydrogen (secondary N) is 2. The molecule has 0 bridgehead atoms. The fraction of sp³-hybridized carbons (Fsp3) is 0.600. The number of halogens is 1. The number of carbonyl (C=O) groups excluding carboxylic acids is 1. The number of aliphatic hydroxyl groups is 1. The first-order valence-electron chi connectivity index (χ1n) is 7.67. The van der Waals surface area contributed by atoms with Gasteiger partial charge in [0.25, 0.3) is 0 Å². The van der Waals surface area contributed by atoms with E-state index >= 15 is 0 Å². The molecule has 0 radical (unpaired) electrons. The van der Waals surface area contributed by atoms with Crippen LogP contribution in [0.4, 0.5) is 0 Å². The number of rotatable bonds is 9. The van der Waals surface area contributed by atoms with Crippen molar-refractivity contribution in [3.63, 3.8) is 0 Å². The van der Waals surface area contributed by atoms with Gasteiger partial charge in [-0.05, 0) is 32.4 Å². The van der Waals surface area contributed by atoms with E-state index in [2.05, 4.69) is 15.6 Å². The molecule has 8 heteroatoms. The third-order valence-corrected chi connectivity index (χ3v) is 4.18. The van der Waals surface area contributed by atoms with Gasteiger partial charge in [-0.25, -0.2) is 0 Å². The summed E-state index contributed by atoms with van der Waals surface area (Å²) >= 11 is 7.20. The molecule has 0 saturated carbocycles. The van der Waals surface area contributed by atoms with Gasteiger partial charge in [0.15, 0.2) is 5.96 Å². The maximum absolute atomic E-state index is 11.2. The predicted molar refractivity (Wildman–Crippen MR) is 94.1 cm³/mol. The van der Waals surface area contributed by atoms with Crippen LogP contribution in [0, 0.1) is 0 Å². The third kappa shape index (κ3) is 8.20. The van der Waals surface area contributed by atoms with Crippen LogP contribution >= 0.6 is 22.9 Å². The van der Waals surface area contributed by atoms with Crippen LogP contribution in [0.15, 0.2) is 17.1 Å². The normalized spacial score (nSPS) is 12.8. The lowest BCUT2D eigenvalue weighted by Crippen LogP contribution is -2.38. The Balaban J connectivity index is 2.39. The zero-order chi connectivity index (χ0) is 17.1. The zero-order valence-electron chi connectivity index (χ0n) is 13.5. The molecule has 1 aromatic rings. The Hall–Kier alpha value is -1.31. The molecule has 0 fully saturated rings. The second-order valence-electron chi connectivity index (χ2n) is 4.71. The first-order chi connectivity index (χ1) is 11.1. The van der Waals surface area contributed by atoms with Crippen LogP contribution in [0.3, 0.4) is 0 Å². The number of aliphatic imine (C=N–C) groups is 1. The Bertz CT molecular complexity index is 508. The van der Waals surface area contributed by atoms with E-state index in [9.17, 15) is 9.90 Å². The van der Waals surface area contributed by atoms with Crippen LogP contribution in [-0.2, 0) is 9.53 Å². The van der Waals surface area contributed by atoms with E-state index in [1.54, 1.807) is 19.1 Å². The Kier molecular flexibility index (Phi) is 9.66. The minimum absolute atomic E-state index is 0.193. The molecule has 1 unspecified atom stereocenters. The summed E-state index contributed by atoms with van der Waals surface area (Å²) in [4.78, 5) is 16.4. The van der Waals surface area contributed by atoms with Crippen molar-refractivity contribution in [2.24, 2.45) is 4.99 Å². The van der Waals surface area contributed by atoms with Gasteiger partial charge in [-0.2, -0.15) is 0 Å². The van der Waals surface area contributed by atoms with Crippen molar-refractivity contribution in [2.45, 2.75) is 32.8 Å². The minimum atomic E-state index is -0.678. The van der Waals surface area contributed by atoms with E-state index in [0.29, 0.717) is 42.8 Å². The summed E-state index contributed by atoms with van der Waals surface area (Å²) < 4.78 is 5.52. The smallest absolute Gasteiger partial charge is 0.305 e. The van der Waals surface area contributed by atoms with Gasteiger partial charge in [-0.1, -0.05) is 11.6 Å². The van der Waals surface area contributed by atoms with Crippen molar-refractivity contribution >= 4 is 34.9 Å². The van der Waals surface area contributed by atoms with Crippen LogP contribution in [-0.4, -0.2) is 43.3 Å². The summed E-state index contributed by atoms with van der Waals surface area (Å²) in [5.74, 6) is 0.416. The van der Waals surface area contributed by atoms with Gasteiger partial charge in [0.1, 0.15) is 6.10 Å². The highest BCUT2D eigenvalue weighted by atomic mass is 35.5. The lowest BCUT2D eigenvalue weighted by molar-refractivity contribution is -0.143. The van der Waals surface area contributed by atoms with Crippen molar-refractivity contribution in [2.75, 3.05) is 26.2 Å². The number of esters is 1. The molecule has 6 nitrogen and oxygen atoms in total. The van der Waals surface area contributed by atoms with E-state index in [0.717, 1.165) is 4.88 Å². The fourth-order valence-corrected chi connectivity index (χ4v) is 2.83. The number of hydrogen-bond acceptors (Lipinski definition) is 5. The molecule has 1 atom stereocenters. The molecule has 3 N–H and O–H groups in total. The molecule has 23 heavy (non-hydrogen) atoms. The molecule has 0 spiro atoms. The third-order valence-electron chi connectivity index (χ3n) is 2.84. The molecule has 1 aromatic heterocycles. The lowest BCUT2D eigenvalue weighted by atomic mass is 10.3. The van der Waals surface area contributed by atoms with Gasteiger partial charge in [-0.3, -0.25) is 9.79 Å². The van der Waals surface area contributed by atoms with Crippen molar-refractivity contribution in [1.82, 2.24) is 10.6 Å². The van der Waals surface area contributed by atoms with Crippen LogP contribution in [0.1, 0.15) is 37.7 Å². The number of aliphatic hydroxyl groups excluding tert-OH is 1. The van der Waals surface area contributed by atoms with Gasteiger partial charge in [0.05, 0.1) is 17.5 Å². The topological polar surface area (TPSA) is 83.0 Å². The second kappa shape index (κ2) is 11.3. The Morgan fingerprint density at radius 2 is 2.22 bits per heavy atom. The summed E-state index contributed by atoms with van der Waals surface area (Å²) in [6, 6.07) is 3.56. The fourth-order valence-electron chi connectivity index (χ4n) is 1.79. The molecule has 0 aliphatic carbocycles. The van der Waals surface area contributed by atoms with E-state index < -0.39 is 6.10 Å². The van der Waals surface area contributed by atoms with Crippen LogP contribution < -0.4 is 10.6 Å². The number of nitrogens with zero attached hydrogens (tertiary/aromatic N) is 1. The van der Waals surface area contributed by atoms with Crippen molar-refractivity contribution in [3.8, 4) is 0 Å². The highest BCUT2D eigenvalue weighted by Crippen LogP contribution is 2.26. The molecule has 130 valence electrons. The largest absolute Gasteiger partial charge is 0.466 e. The summed E-state index contributed by atoms with van der Waals surface area (Å²) in [6.07, 6.45) is 0.352. The number of guanidine groups is 1. The molecule has 0 aliphatic heterocycles. The average molecular weight is 362 g/mol. The van der Waals surface area contributed by atoms with E-state index in [1.807, 2.05) is 6.92 Å². The van der Waals surface area contributed by atoms with Crippen molar-refractivity contribution < 1.29 is 14.6 Å². The lowest BCUT2D eigenvalue weighted by Gasteiger charge is -2.12. The number of thiophene rings is 1. The molecule has 0 aliphatic rings. The second-order valence-corrected chi connectivity index (χ2v) is 6.46. The standard InChI is InChI=1S/C15H24ClN3O3S/c1-3-17-15(18-9-5-6-14(21)22-4-2)19-10-11(20)12-7-8-13(16)23-12/h7-8,11,20H,3-6,9-10H2,1-2H3,(H2,17,18,19). The summed E-state index contributed by atoms with van der Waals surface area (Å²) in [7, 11) is 0. The molecule has 1 rings (SSSR count). The van der Waals surface area contributed by atoms with Crippen LogP contribution in [0.2, 0.25) is 4.34 Å². The van der Waals surface area contributed by atoms with Crippen molar-refractivity contribution in [1.29, 1.82) is 0 Å². The van der Waals surface area contributed by atoms with Gasteiger partial charge in [0, 0.05) is 24.4 Å².